The van der Waals surface area contributed by atoms with E-state index < -0.39 is 0 Å². The normalized spacial score (nSPS) is 21.2. The first-order valence-electron chi connectivity index (χ1n) is 10.1. The summed E-state index contributed by atoms with van der Waals surface area (Å²) in [7, 11) is 0. The Labute approximate surface area is 167 Å². The monoisotopic (exact) mass is 400 g/mol. The van der Waals surface area contributed by atoms with E-state index in [-0.39, 0.29) is 23.7 Å². The number of hydrogen-bond donors (Lipinski definition) is 2. The van der Waals surface area contributed by atoms with Crippen LogP contribution >= 0.6 is 11.3 Å². The summed E-state index contributed by atoms with van der Waals surface area (Å²) in [5.41, 5.74) is 1.69. The van der Waals surface area contributed by atoms with Crippen molar-refractivity contribution in [2.75, 3.05) is 11.9 Å². The van der Waals surface area contributed by atoms with Gasteiger partial charge >= 0.3 is 0 Å². The molecule has 2 heterocycles. The van der Waals surface area contributed by atoms with Crippen molar-refractivity contribution in [3.63, 3.8) is 0 Å². The molecule has 2 fully saturated rings. The van der Waals surface area contributed by atoms with E-state index in [0.717, 1.165) is 31.2 Å². The van der Waals surface area contributed by atoms with Gasteiger partial charge in [0.1, 0.15) is 5.00 Å². The molecule has 5 rings (SSSR count). The summed E-state index contributed by atoms with van der Waals surface area (Å²) in [5, 5.41) is 10.7. The van der Waals surface area contributed by atoms with Crippen LogP contribution in [0.5, 0.6) is 0 Å². The minimum atomic E-state index is -0.0714. The molecule has 2 aromatic heterocycles. The molecule has 2 saturated carbocycles. The zero-order valence-corrected chi connectivity index (χ0v) is 16.7. The fourth-order valence-corrected chi connectivity index (χ4v) is 5.05. The van der Waals surface area contributed by atoms with Crippen molar-refractivity contribution in [1.82, 2.24) is 15.5 Å². The number of carbonyl (C=O) groups excluding carboxylic acids is 2. The first-order chi connectivity index (χ1) is 13.6. The molecule has 0 spiro atoms. The third kappa shape index (κ3) is 3.57. The maximum absolute atomic E-state index is 13.0. The zero-order chi connectivity index (χ0) is 19.3. The van der Waals surface area contributed by atoms with Gasteiger partial charge in [-0.3, -0.25) is 9.59 Å². The molecule has 3 aliphatic rings. The number of nitrogens with one attached hydrogen (secondary N) is 2. The van der Waals surface area contributed by atoms with Gasteiger partial charge in [-0.05, 0) is 63.4 Å². The highest BCUT2D eigenvalue weighted by Crippen LogP contribution is 2.43. The molecule has 148 valence electrons. The number of aromatic nitrogens is 2. The zero-order valence-electron chi connectivity index (χ0n) is 15.9. The largest absolute Gasteiger partial charge is 0.352 e. The van der Waals surface area contributed by atoms with E-state index in [0.29, 0.717) is 41.2 Å². The van der Waals surface area contributed by atoms with Crippen LogP contribution in [0.15, 0.2) is 4.52 Å². The minimum absolute atomic E-state index is 0.0407. The van der Waals surface area contributed by atoms with E-state index in [9.17, 15) is 9.59 Å². The summed E-state index contributed by atoms with van der Waals surface area (Å²) in [6, 6.07) is 0. The molecular formula is C20H24N4O3S. The van der Waals surface area contributed by atoms with Gasteiger partial charge in [0.25, 0.3) is 5.91 Å². The first kappa shape index (κ1) is 17.8. The minimum Gasteiger partial charge on any atom is -0.352 e. The molecule has 28 heavy (non-hydrogen) atoms. The van der Waals surface area contributed by atoms with E-state index in [1.165, 1.54) is 17.7 Å². The van der Waals surface area contributed by atoms with Crippen molar-refractivity contribution in [2.45, 2.75) is 57.8 Å². The molecule has 0 bridgehead atoms. The fraction of sp³-hybridized carbons (Fsp3) is 0.600. The molecular weight excluding hydrogens is 376 g/mol. The molecule has 2 amide bonds. The molecule has 0 aliphatic heterocycles. The predicted octanol–water partition coefficient (Wildman–Crippen LogP) is 3.20. The van der Waals surface area contributed by atoms with Crippen molar-refractivity contribution < 1.29 is 14.1 Å². The van der Waals surface area contributed by atoms with Gasteiger partial charge in [-0.15, -0.1) is 11.3 Å². The molecule has 8 heteroatoms. The highest BCUT2D eigenvalue weighted by atomic mass is 32.1. The Morgan fingerprint density at radius 3 is 2.71 bits per heavy atom. The van der Waals surface area contributed by atoms with Gasteiger partial charge in [-0.2, -0.15) is 4.98 Å². The lowest BCUT2D eigenvalue weighted by Crippen LogP contribution is -2.28. The summed E-state index contributed by atoms with van der Waals surface area (Å²) in [4.78, 5) is 31.0. The number of anilines is 1. The van der Waals surface area contributed by atoms with Gasteiger partial charge in [0.05, 0.1) is 5.56 Å². The Kier molecular flexibility index (Phi) is 4.45. The molecule has 2 aromatic rings. The lowest BCUT2D eigenvalue weighted by Gasteiger charge is -2.20. The van der Waals surface area contributed by atoms with Gasteiger partial charge in [-0.1, -0.05) is 5.16 Å². The molecule has 0 saturated heterocycles. The summed E-state index contributed by atoms with van der Waals surface area (Å²) in [6.07, 6.45) is 6.72. The van der Waals surface area contributed by atoms with E-state index in [2.05, 4.69) is 20.8 Å². The summed E-state index contributed by atoms with van der Waals surface area (Å²) in [5.74, 6) is 2.07. The SMILES string of the molecule is Cc1noc(C2CCc3sc(NC(=O)C4CC4)c(C(=O)NCC4CC4)c3C2)n1. The molecule has 3 aliphatic carbocycles. The van der Waals surface area contributed by atoms with Crippen LogP contribution in [0.1, 0.15) is 70.5 Å². The molecule has 2 N–H and O–H groups in total. The van der Waals surface area contributed by atoms with Gasteiger partial charge in [0.15, 0.2) is 5.82 Å². The van der Waals surface area contributed by atoms with Crippen molar-refractivity contribution in [3.8, 4) is 0 Å². The van der Waals surface area contributed by atoms with Crippen LogP contribution in [0.3, 0.4) is 0 Å². The quantitative estimate of drug-likeness (QED) is 0.776. The van der Waals surface area contributed by atoms with Crippen LogP contribution in [0, 0.1) is 18.8 Å². The van der Waals surface area contributed by atoms with Crippen LogP contribution in [-0.2, 0) is 17.6 Å². The van der Waals surface area contributed by atoms with E-state index in [1.807, 2.05) is 6.92 Å². The molecule has 0 aromatic carbocycles. The van der Waals surface area contributed by atoms with Crippen molar-refractivity contribution >= 4 is 28.2 Å². The molecule has 0 radical (unpaired) electrons. The van der Waals surface area contributed by atoms with Crippen LogP contribution in [0.2, 0.25) is 0 Å². The lowest BCUT2D eigenvalue weighted by molar-refractivity contribution is -0.117. The van der Waals surface area contributed by atoms with Gasteiger partial charge in [-0.25, -0.2) is 0 Å². The Bertz CT molecular complexity index is 926. The summed E-state index contributed by atoms with van der Waals surface area (Å²) >= 11 is 1.56. The molecule has 7 nitrogen and oxygen atoms in total. The van der Waals surface area contributed by atoms with Crippen LogP contribution in [0.4, 0.5) is 5.00 Å². The van der Waals surface area contributed by atoms with E-state index >= 15 is 0 Å². The standard InChI is InChI=1S/C20H24N4O3S/c1-10-22-19(27-24-10)13-6-7-15-14(8-13)16(18(26)21-9-11-2-3-11)20(28-15)23-17(25)12-4-5-12/h11-13H,2-9H2,1H3,(H,21,26)(H,23,25). The van der Waals surface area contributed by atoms with Crippen LogP contribution in [-0.4, -0.2) is 28.5 Å². The highest BCUT2D eigenvalue weighted by molar-refractivity contribution is 7.17. The number of nitrogens with zero attached hydrogens (tertiary/aromatic N) is 2. The number of aryl methyl sites for hydroxylation is 2. The fourth-order valence-electron chi connectivity index (χ4n) is 3.81. The average molecular weight is 401 g/mol. The Morgan fingerprint density at radius 2 is 2.04 bits per heavy atom. The van der Waals surface area contributed by atoms with Gasteiger partial charge in [0.2, 0.25) is 11.8 Å². The second-order valence-corrected chi connectivity index (χ2v) is 9.35. The summed E-state index contributed by atoms with van der Waals surface area (Å²) in [6.45, 7) is 2.53. The predicted molar refractivity (Wildman–Crippen MR) is 105 cm³/mol. The number of amides is 2. The molecule has 1 unspecified atom stereocenters. The van der Waals surface area contributed by atoms with E-state index in [1.54, 1.807) is 11.3 Å². The van der Waals surface area contributed by atoms with Gasteiger partial charge < -0.3 is 15.2 Å². The number of thiophene rings is 1. The summed E-state index contributed by atoms with van der Waals surface area (Å²) < 4.78 is 5.39. The van der Waals surface area contributed by atoms with Crippen molar-refractivity contribution in [3.05, 3.63) is 27.7 Å². The maximum Gasteiger partial charge on any atom is 0.254 e. The smallest absolute Gasteiger partial charge is 0.254 e. The third-order valence-electron chi connectivity index (χ3n) is 5.81. The Morgan fingerprint density at radius 1 is 1.21 bits per heavy atom. The number of fused-ring (bicyclic) bond motifs is 1. The second kappa shape index (κ2) is 6.99. The topological polar surface area (TPSA) is 97.1 Å². The maximum atomic E-state index is 13.0. The number of carbonyl (C=O) groups is 2. The van der Waals surface area contributed by atoms with Crippen LogP contribution < -0.4 is 10.6 Å². The third-order valence-corrected chi connectivity index (χ3v) is 7.02. The Balaban J connectivity index is 1.43. The van der Waals surface area contributed by atoms with Crippen LogP contribution in [0.25, 0.3) is 0 Å². The van der Waals surface area contributed by atoms with Crippen molar-refractivity contribution in [1.29, 1.82) is 0 Å². The van der Waals surface area contributed by atoms with Gasteiger partial charge in [0, 0.05) is 23.3 Å². The lowest BCUT2D eigenvalue weighted by atomic mass is 9.86. The number of rotatable bonds is 6. The van der Waals surface area contributed by atoms with Crippen molar-refractivity contribution in [2.24, 2.45) is 11.8 Å². The number of hydrogen-bond acceptors (Lipinski definition) is 6. The highest BCUT2D eigenvalue weighted by Gasteiger charge is 2.35. The molecule has 1 atom stereocenters. The second-order valence-electron chi connectivity index (χ2n) is 8.24. The van der Waals surface area contributed by atoms with E-state index in [4.69, 9.17) is 4.52 Å². The first-order valence-corrected chi connectivity index (χ1v) is 10.9. The Hall–Kier alpha value is -2.22. The average Bonchev–Trinajstić information content (AvgIpc) is 3.60.